The second-order valence-electron chi connectivity index (χ2n) is 3.62. The Balaban J connectivity index is 3.59. The summed E-state index contributed by atoms with van der Waals surface area (Å²) in [7, 11) is -8.46. The number of halogens is 1. The number of nitro groups is 1. The Hall–Kier alpha value is -1.75. The Morgan fingerprint density at radius 1 is 1.16 bits per heavy atom. The highest BCUT2D eigenvalue weighted by Crippen LogP contribution is 2.27. The maximum atomic E-state index is 13.1. The molecule has 0 N–H and O–H groups in total. The third-order valence-electron chi connectivity index (χ3n) is 1.94. The number of anilines is 1. The molecule has 11 heteroatoms. The van der Waals surface area contributed by atoms with Crippen molar-refractivity contribution in [2.24, 2.45) is 0 Å². The lowest BCUT2D eigenvalue weighted by molar-refractivity contribution is -0.387. The molecule has 0 aliphatic rings. The Labute approximate surface area is 108 Å². The van der Waals surface area contributed by atoms with Crippen molar-refractivity contribution in [1.82, 2.24) is 0 Å². The molecular weight excluding hydrogens is 303 g/mol. The summed E-state index contributed by atoms with van der Waals surface area (Å²) in [6.07, 6.45) is 1.23. The van der Waals surface area contributed by atoms with E-state index in [1.165, 1.54) is 0 Å². The van der Waals surface area contributed by atoms with Crippen molar-refractivity contribution in [1.29, 1.82) is 0 Å². The average molecular weight is 312 g/mol. The van der Waals surface area contributed by atoms with E-state index in [1.807, 2.05) is 0 Å². The quantitative estimate of drug-likeness (QED) is 0.589. The molecule has 0 amide bonds. The summed E-state index contributed by atoms with van der Waals surface area (Å²) in [4.78, 5) is 9.46. The van der Waals surface area contributed by atoms with Crippen LogP contribution in [0.1, 0.15) is 0 Å². The molecule has 0 spiro atoms. The van der Waals surface area contributed by atoms with Gasteiger partial charge in [-0.05, 0) is 12.1 Å². The standard InChI is InChI=1S/C8H9FN2O6S2/c1-18(14,15)11(19(2,16)17)6-3-4-7(9)8(5-6)10(12)13/h3-5H,1-2H3. The normalized spacial score (nSPS) is 12.2. The zero-order valence-electron chi connectivity index (χ0n) is 9.77. The van der Waals surface area contributed by atoms with Crippen LogP contribution in [0.4, 0.5) is 15.8 Å². The van der Waals surface area contributed by atoms with E-state index < -0.39 is 42.2 Å². The van der Waals surface area contributed by atoms with Gasteiger partial charge in [0.25, 0.3) is 0 Å². The number of benzene rings is 1. The van der Waals surface area contributed by atoms with Gasteiger partial charge in [-0.15, -0.1) is 0 Å². The molecule has 1 rings (SSSR count). The first-order valence-electron chi connectivity index (χ1n) is 4.59. The zero-order valence-corrected chi connectivity index (χ0v) is 11.4. The number of hydrogen-bond acceptors (Lipinski definition) is 6. The number of rotatable bonds is 4. The van der Waals surface area contributed by atoms with Crippen LogP contribution in [0.25, 0.3) is 0 Å². The van der Waals surface area contributed by atoms with Gasteiger partial charge in [0.15, 0.2) is 0 Å². The van der Waals surface area contributed by atoms with Gasteiger partial charge in [-0.3, -0.25) is 10.1 Å². The third kappa shape index (κ3) is 3.38. The van der Waals surface area contributed by atoms with Gasteiger partial charge in [-0.1, -0.05) is 0 Å². The van der Waals surface area contributed by atoms with Crippen LogP contribution in [0.3, 0.4) is 0 Å². The maximum absolute atomic E-state index is 13.1. The Morgan fingerprint density at radius 2 is 1.63 bits per heavy atom. The SMILES string of the molecule is CS(=O)(=O)N(c1ccc(F)c([N+](=O)[O-])c1)S(C)(=O)=O. The topological polar surface area (TPSA) is 115 Å². The van der Waals surface area contributed by atoms with E-state index in [4.69, 9.17) is 0 Å². The lowest BCUT2D eigenvalue weighted by Gasteiger charge is -2.19. The molecule has 0 atom stereocenters. The van der Waals surface area contributed by atoms with E-state index in [1.54, 1.807) is 0 Å². The van der Waals surface area contributed by atoms with Crippen LogP contribution in [0.5, 0.6) is 0 Å². The van der Waals surface area contributed by atoms with Gasteiger partial charge < -0.3 is 0 Å². The molecule has 0 heterocycles. The molecule has 0 unspecified atom stereocenters. The van der Waals surface area contributed by atoms with Crippen molar-refractivity contribution < 1.29 is 26.1 Å². The van der Waals surface area contributed by atoms with Crippen LogP contribution in [0, 0.1) is 15.9 Å². The van der Waals surface area contributed by atoms with Crippen molar-refractivity contribution in [3.05, 3.63) is 34.1 Å². The van der Waals surface area contributed by atoms with Gasteiger partial charge in [-0.2, -0.15) is 8.10 Å². The Bertz CT molecular complexity index is 696. The second kappa shape index (κ2) is 4.74. The van der Waals surface area contributed by atoms with E-state index in [-0.39, 0.29) is 3.71 Å². The summed E-state index contributed by atoms with van der Waals surface area (Å²) in [5.41, 5.74) is -1.55. The summed E-state index contributed by atoms with van der Waals surface area (Å²) in [6, 6.07) is 1.98. The highest BCUT2D eigenvalue weighted by Gasteiger charge is 2.29. The summed E-state index contributed by atoms with van der Waals surface area (Å²) < 4.78 is 58.8. The number of nitrogens with zero attached hydrogens (tertiary/aromatic N) is 2. The van der Waals surface area contributed by atoms with Crippen molar-refractivity contribution in [2.45, 2.75) is 0 Å². The first kappa shape index (κ1) is 15.3. The fourth-order valence-corrected chi connectivity index (χ4v) is 4.34. The predicted molar refractivity (Wildman–Crippen MR) is 65.2 cm³/mol. The van der Waals surface area contributed by atoms with Gasteiger partial charge in [0.1, 0.15) is 0 Å². The molecule has 0 saturated heterocycles. The molecule has 1 aromatic carbocycles. The van der Waals surface area contributed by atoms with Crippen LogP contribution < -0.4 is 3.71 Å². The van der Waals surface area contributed by atoms with Gasteiger partial charge in [0, 0.05) is 6.07 Å². The minimum atomic E-state index is -4.23. The minimum absolute atomic E-state index is 0.00750. The van der Waals surface area contributed by atoms with Crippen LogP contribution in [-0.4, -0.2) is 34.3 Å². The highest BCUT2D eigenvalue weighted by molar-refractivity contribution is 8.09. The molecule has 19 heavy (non-hydrogen) atoms. The van der Waals surface area contributed by atoms with E-state index in [9.17, 15) is 31.3 Å². The Kier molecular flexibility index (Phi) is 3.82. The maximum Gasteiger partial charge on any atom is 0.306 e. The predicted octanol–water partition coefficient (Wildman–Crippen LogP) is 0.460. The molecule has 0 aliphatic heterocycles. The van der Waals surface area contributed by atoms with Gasteiger partial charge in [0.2, 0.25) is 25.9 Å². The van der Waals surface area contributed by atoms with E-state index in [0.29, 0.717) is 24.6 Å². The third-order valence-corrected chi connectivity index (χ3v) is 5.19. The van der Waals surface area contributed by atoms with Crippen molar-refractivity contribution >= 4 is 31.4 Å². The zero-order chi connectivity index (χ0) is 15.0. The fraction of sp³-hybridized carbons (Fsp3) is 0.250. The molecular formula is C8H9FN2O6S2. The smallest absolute Gasteiger partial charge is 0.258 e. The first-order chi connectivity index (χ1) is 8.44. The lowest BCUT2D eigenvalue weighted by Crippen LogP contribution is -2.35. The van der Waals surface area contributed by atoms with Crippen molar-refractivity contribution in [3.63, 3.8) is 0 Å². The summed E-state index contributed by atoms with van der Waals surface area (Å²) >= 11 is 0. The first-order valence-corrected chi connectivity index (χ1v) is 8.28. The molecule has 0 aromatic heterocycles. The molecule has 8 nitrogen and oxygen atoms in total. The number of nitro benzene ring substituents is 1. The minimum Gasteiger partial charge on any atom is -0.258 e. The molecule has 1 aromatic rings. The fourth-order valence-electron chi connectivity index (χ4n) is 1.38. The second-order valence-corrected chi connectivity index (χ2v) is 7.51. The molecule has 0 bridgehead atoms. The Morgan fingerprint density at radius 3 is 2.00 bits per heavy atom. The number of hydrogen-bond donors (Lipinski definition) is 0. The highest BCUT2D eigenvalue weighted by atomic mass is 32.3. The van der Waals surface area contributed by atoms with E-state index in [0.717, 1.165) is 6.07 Å². The number of sulfonamides is 2. The molecule has 0 saturated carbocycles. The van der Waals surface area contributed by atoms with Crippen LogP contribution in [-0.2, 0) is 20.0 Å². The van der Waals surface area contributed by atoms with Crippen molar-refractivity contribution in [3.8, 4) is 0 Å². The summed E-state index contributed by atoms with van der Waals surface area (Å²) in [5, 5.41) is 10.5. The van der Waals surface area contributed by atoms with Crippen LogP contribution in [0.15, 0.2) is 18.2 Å². The molecule has 0 aliphatic carbocycles. The molecule has 0 radical (unpaired) electrons. The lowest BCUT2D eigenvalue weighted by atomic mass is 10.3. The summed E-state index contributed by atoms with van der Waals surface area (Å²) in [6.45, 7) is 0. The summed E-state index contributed by atoms with van der Waals surface area (Å²) in [5.74, 6) is -1.20. The van der Waals surface area contributed by atoms with Crippen LogP contribution >= 0.6 is 0 Å². The van der Waals surface area contributed by atoms with E-state index >= 15 is 0 Å². The molecule has 106 valence electrons. The van der Waals surface area contributed by atoms with Crippen molar-refractivity contribution in [2.75, 3.05) is 16.2 Å². The van der Waals surface area contributed by atoms with Crippen LogP contribution in [0.2, 0.25) is 0 Å². The van der Waals surface area contributed by atoms with Gasteiger partial charge in [0.05, 0.1) is 23.1 Å². The average Bonchev–Trinajstić information content (AvgIpc) is 2.16. The molecule has 0 fully saturated rings. The van der Waals surface area contributed by atoms with Gasteiger partial charge >= 0.3 is 5.69 Å². The van der Waals surface area contributed by atoms with E-state index in [2.05, 4.69) is 0 Å². The largest absolute Gasteiger partial charge is 0.306 e. The monoisotopic (exact) mass is 312 g/mol. The van der Waals surface area contributed by atoms with Gasteiger partial charge in [-0.25, -0.2) is 16.8 Å².